The molecule has 0 bridgehead atoms. The first kappa shape index (κ1) is 23.2. The first-order valence-corrected chi connectivity index (χ1v) is 14.5. The van der Waals surface area contributed by atoms with E-state index in [1.54, 1.807) is 16.2 Å². The molecule has 0 saturated heterocycles. The van der Waals surface area contributed by atoms with Crippen molar-refractivity contribution in [1.29, 1.82) is 0 Å². The Morgan fingerprint density at radius 1 is 1.12 bits per heavy atom. The van der Waals surface area contributed by atoms with Crippen LogP contribution >= 0.6 is 42.1 Å². The van der Waals surface area contributed by atoms with Gasteiger partial charge in [-0.15, -0.1) is 0 Å². The van der Waals surface area contributed by atoms with E-state index in [2.05, 4.69) is 48.3 Å². The molecule has 3 aromatic heterocycles. The zero-order valence-electron chi connectivity index (χ0n) is 18.3. The summed E-state index contributed by atoms with van der Waals surface area (Å²) in [6.45, 7) is 4.51. The van der Waals surface area contributed by atoms with Crippen molar-refractivity contribution in [2.45, 2.75) is 32.0 Å². The third-order valence-corrected chi connectivity index (χ3v) is 7.47. The molecule has 4 aromatic rings. The summed E-state index contributed by atoms with van der Waals surface area (Å²) in [5, 5.41) is 0.684. The van der Waals surface area contributed by atoms with E-state index in [1.807, 2.05) is 49.7 Å². The van der Waals surface area contributed by atoms with Crippen LogP contribution < -0.4 is 9.47 Å². The van der Waals surface area contributed by atoms with Crippen LogP contribution in [0, 0.1) is 13.8 Å². The molecule has 0 aliphatic carbocycles. The highest BCUT2D eigenvalue weighted by molar-refractivity contribution is 14.2. The molecule has 4 rings (SSSR count). The van der Waals surface area contributed by atoms with Crippen LogP contribution in [0.15, 0.2) is 47.9 Å². The van der Waals surface area contributed by atoms with Crippen molar-refractivity contribution < 1.29 is 9.47 Å². The lowest BCUT2D eigenvalue weighted by Crippen LogP contribution is -2.02. The number of halogens is 1. The molecule has 3 heterocycles. The van der Waals surface area contributed by atoms with Crippen molar-refractivity contribution in [3.63, 3.8) is 0 Å². The van der Waals surface area contributed by atoms with Crippen LogP contribution in [0.3, 0.4) is 0 Å². The molecule has 0 spiro atoms. The number of rotatable bonds is 8. The first-order valence-electron chi connectivity index (χ1n) is 9.96. The second-order valence-electron chi connectivity index (χ2n) is 7.26. The minimum Gasteiger partial charge on any atom is -0.496 e. The minimum atomic E-state index is 0.447. The largest absolute Gasteiger partial charge is 0.496 e. The van der Waals surface area contributed by atoms with Gasteiger partial charge in [0.1, 0.15) is 23.4 Å². The second kappa shape index (κ2) is 10.3. The van der Waals surface area contributed by atoms with E-state index in [1.165, 1.54) is 11.8 Å². The number of nitrogens with zero attached hydrogens (tertiary/aromatic N) is 4. The smallest absolute Gasteiger partial charge is 0.244 e. The van der Waals surface area contributed by atoms with E-state index in [-0.39, 0.29) is 0 Å². The van der Waals surface area contributed by atoms with Gasteiger partial charge in [0.2, 0.25) is 5.88 Å². The van der Waals surface area contributed by atoms with Gasteiger partial charge in [-0.2, -0.15) is 4.98 Å². The van der Waals surface area contributed by atoms with Crippen LogP contribution in [0.5, 0.6) is 11.6 Å². The average Bonchev–Trinajstić information content (AvgIpc) is 3.17. The van der Waals surface area contributed by atoms with Crippen molar-refractivity contribution in [1.82, 2.24) is 18.9 Å². The van der Waals surface area contributed by atoms with Gasteiger partial charge in [0.05, 0.1) is 12.8 Å². The van der Waals surface area contributed by atoms with E-state index in [0.717, 1.165) is 44.7 Å². The number of ether oxygens (including phenoxy) is 2. The summed E-state index contributed by atoms with van der Waals surface area (Å²) in [5.41, 5.74) is 6.99. The van der Waals surface area contributed by atoms with Crippen LogP contribution in [0.1, 0.15) is 27.9 Å². The van der Waals surface area contributed by atoms with Crippen LogP contribution in [0.25, 0.3) is 11.0 Å². The van der Waals surface area contributed by atoms with Crippen LogP contribution in [-0.4, -0.2) is 32.3 Å². The maximum Gasteiger partial charge on any atom is 0.244 e. The van der Waals surface area contributed by atoms with E-state index in [4.69, 9.17) is 14.5 Å². The number of aryl methyl sites for hydroxylation is 1. The summed E-state index contributed by atoms with van der Waals surface area (Å²) in [4.78, 5) is 14.2. The molecule has 0 unspecified atom stereocenters. The molecule has 32 heavy (non-hydrogen) atoms. The number of aromatic nitrogens is 4. The van der Waals surface area contributed by atoms with E-state index in [0.29, 0.717) is 24.1 Å². The van der Waals surface area contributed by atoms with Crippen LogP contribution in [0.2, 0.25) is 0 Å². The Kier molecular flexibility index (Phi) is 7.47. The van der Waals surface area contributed by atoms with Crippen molar-refractivity contribution in [2.75, 3.05) is 13.4 Å². The third-order valence-electron chi connectivity index (χ3n) is 5.21. The highest BCUT2D eigenvalue weighted by Gasteiger charge is 2.20. The van der Waals surface area contributed by atoms with Gasteiger partial charge in [-0.05, 0) is 25.7 Å². The van der Waals surface area contributed by atoms with Gasteiger partial charge in [-0.1, -0.05) is 42.1 Å². The monoisotopic (exact) mass is 578 g/mol. The van der Waals surface area contributed by atoms with E-state index >= 15 is 0 Å². The highest BCUT2D eigenvalue weighted by Crippen LogP contribution is 2.36. The Morgan fingerprint density at radius 2 is 1.91 bits per heavy atom. The maximum absolute atomic E-state index is 6.19. The number of hydrogen-bond donors (Lipinski definition) is 0. The first-order chi connectivity index (χ1) is 15.5. The van der Waals surface area contributed by atoms with Crippen molar-refractivity contribution >= 4 is 53.1 Å². The molecular formula is C23H23IN4O2S2. The molecule has 0 N–H and O–H groups in total. The molecule has 0 fully saturated rings. The normalized spacial score (nSPS) is 11.2. The lowest BCUT2D eigenvalue weighted by atomic mass is 10.0. The van der Waals surface area contributed by atoms with E-state index in [9.17, 15) is 0 Å². The number of pyridine rings is 1. The van der Waals surface area contributed by atoms with Gasteiger partial charge >= 0.3 is 0 Å². The van der Waals surface area contributed by atoms with Crippen molar-refractivity contribution in [2.24, 2.45) is 0 Å². The number of hydrogen-bond acceptors (Lipinski definition) is 7. The molecule has 0 saturated carbocycles. The molecule has 9 heteroatoms. The third kappa shape index (κ3) is 4.69. The Morgan fingerprint density at radius 3 is 2.59 bits per heavy atom. The van der Waals surface area contributed by atoms with Gasteiger partial charge in [-0.25, -0.2) is 4.98 Å². The zero-order chi connectivity index (χ0) is 22.7. The van der Waals surface area contributed by atoms with Crippen molar-refractivity contribution in [3.05, 3.63) is 70.7 Å². The summed E-state index contributed by atoms with van der Waals surface area (Å²) in [6, 6.07) is 10.1. The molecule has 6 nitrogen and oxygen atoms in total. The molecule has 0 atom stereocenters. The number of fused-ring (bicyclic) bond motifs is 1. The molecule has 0 aliphatic heterocycles. The standard InChI is InChI=1S/C23H23IN4O2S2/c1-14-11-25-18(15(2)21(14)29-3)10-17-12-28(32-24)20-19(17)26-23(31-4)27-22(20)30-13-16-8-6-5-7-9-16/h5-9,11-12H,10,13H2,1-4H3. The van der Waals surface area contributed by atoms with Gasteiger partial charge in [0, 0.05) is 65.8 Å². The Hall–Kier alpha value is -1.98. The average molecular weight is 579 g/mol. The predicted molar refractivity (Wildman–Crippen MR) is 140 cm³/mol. The topological polar surface area (TPSA) is 62.1 Å². The Balaban J connectivity index is 1.78. The van der Waals surface area contributed by atoms with E-state index < -0.39 is 0 Å². The summed E-state index contributed by atoms with van der Waals surface area (Å²) < 4.78 is 13.9. The maximum atomic E-state index is 6.19. The van der Waals surface area contributed by atoms with Gasteiger partial charge in [0.25, 0.3) is 0 Å². The predicted octanol–water partition coefficient (Wildman–Crippen LogP) is 6.19. The minimum absolute atomic E-state index is 0.447. The fourth-order valence-corrected chi connectivity index (χ4v) is 5.33. The molecule has 0 aliphatic rings. The molecular weight excluding hydrogens is 555 g/mol. The highest BCUT2D eigenvalue weighted by atomic mass is 127. The molecule has 0 radical (unpaired) electrons. The molecule has 166 valence electrons. The van der Waals surface area contributed by atoms with Crippen molar-refractivity contribution in [3.8, 4) is 11.6 Å². The fourth-order valence-electron chi connectivity index (χ4n) is 3.64. The quantitative estimate of drug-likeness (QED) is 0.140. The Bertz CT molecular complexity index is 1250. The van der Waals surface area contributed by atoms with Gasteiger partial charge in [0.15, 0.2) is 5.16 Å². The number of benzene rings is 1. The lowest BCUT2D eigenvalue weighted by molar-refractivity contribution is 0.294. The molecule has 0 amide bonds. The lowest BCUT2D eigenvalue weighted by Gasteiger charge is -2.12. The van der Waals surface area contributed by atoms with Crippen LogP contribution in [-0.2, 0) is 13.0 Å². The van der Waals surface area contributed by atoms with Gasteiger partial charge in [-0.3, -0.25) is 8.96 Å². The SMILES string of the molecule is COc1c(C)cnc(Cc2cn(SI)c3c(OCc4ccccc4)nc(SC)nc23)c1C. The fraction of sp³-hybridized carbons (Fsp3) is 0.261. The zero-order valence-corrected chi connectivity index (χ0v) is 22.0. The number of methoxy groups -OCH3 is 1. The number of thioether (sulfide) groups is 1. The van der Waals surface area contributed by atoms with Gasteiger partial charge < -0.3 is 9.47 Å². The van der Waals surface area contributed by atoms with Crippen LogP contribution in [0.4, 0.5) is 0 Å². The summed E-state index contributed by atoms with van der Waals surface area (Å²) in [7, 11) is 3.27. The molecule has 1 aromatic carbocycles. The summed E-state index contributed by atoms with van der Waals surface area (Å²) in [5.74, 6) is 1.47. The summed E-state index contributed by atoms with van der Waals surface area (Å²) in [6.07, 6.45) is 6.59. The Labute approximate surface area is 208 Å². The summed E-state index contributed by atoms with van der Waals surface area (Å²) >= 11 is 3.78. The second-order valence-corrected chi connectivity index (χ2v) is 9.75.